The van der Waals surface area contributed by atoms with Crippen molar-refractivity contribution in [2.45, 2.75) is 45.0 Å². The molecule has 2 fully saturated rings. The van der Waals surface area contributed by atoms with Gasteiger partial charge >= 0.3 is 0 Å². The Balaban J connectivity index is 1.85. The van der Waals surface area contributed by atoms with Gasteiger partial charge in [-0.2, -0.15) is 0 Å². The lowest BCUT2D eigenvalue weighted by atomic mass is 9.89. The molecule has 0 amide bonds. The van der Waals surface area contributed by atoms with Crippen LogP contribution in [0.4, 0.5) is 0 Å². The smallest absolute Gasteiger partial charge is 0.168 e. The van der Waals surface area contributed by atoms with E-state index in [4.69, 9.17) is 14.6 Å². The van der Waals surface area contributed by atoms with Crippen LogP contribution in [0.5, 0.6) is 0 Å². The fourth-order valence-corrected chi connectivity index (χ4v) is 2.93. The van der Waals surface area contributed by atoms with Crippen LogP contribution >= 0.6 is 0 Å². The number of hydrogen-bond acceptors (Lipinski definition) is 4. The molecule has 0 spiro atoms. The van der Waals surface area contributed by atoms with Gasteiger partial charge in [-0.3, -0.25) is 0 Å². The molecular formula is C13H25NO3. The van der Waals surface area contributed by atoms with Gasteiger partial charge in [0, 0.05) is 12.5 Å². The predicted molar refractivity (Wildman–Crippen MR) is 65.8 cm³/mol. The van der Waals surface area contributed by atoms with Crippen molar-refractivity contribution in [2.75, 3.05) is 32.8 Å². The van der Waals surface area contributed by atoms with Crippen molar-refractivity contribution >= 4 is 0 Å². The van der Waals surface area contributed by atoms with Crippen molar-refractivity contribution in [3.63, 3.8) is 0 Å². The molecule has 2 aliphatic rings. The lowest BCUT2D eigenvalue weighted by Crippen LogP contribution is -2.44. The Morgan fingerprint density at radius 3 is 2.65 bits per heavy atom. The van der Waals surface area contributed by atoms with E-state index in [9.17, 15) is 0 Å². The zero-order valence-corrected chi connectivity index (χ0v) is 11.0. The standard InChI is InChI=1S/C13H25NO3/c1-3-14-7-4-11(5-8-14)13(2)16-10-12(17-13)6-9-15/h11-12,15H,3-10H2,1-2H3. The van der Waals surface area contributed by atoms with Gasteiger partial charge in [-0.15, -0.1) is 0 Å². The fourth-order valence-electron chi connectivity index (χ4n) is 2.93. The van der Waals surface area contributed by atoms with Crippen LogP contribution in [0, 0.1) is 5.92 Å². The summed E-state index contributed by atoms with van der Waals surface area (Å²) in [6, 6.07) is 0. The second-order valence-electron chi connectivity index (χ2n) is 5.29. The topological polar surface area (TPSA) is 41.9 Å². The number of aliphatic hydroxyl groups excluding tert-OH is 1. The largest absolute Gasteiger partial charge is 0.396 e. The molecule has 2 heterocycles. The van der Waals surface area contributed by atoms with Crippen molar-refractivity contribution in [2.24, 2.45) is 5.92 Å². The molecule has 0 aromatic carbocycles. The van der Waals surface area contributed by atoms with E-state index >= 15 is 0 Å². The highest BCUT2D eigenvalue weighted by atomic mass is 16.7. The van der Waals surface area contributed by atoms with Crippen molar-refractivity contribution in [1.82, 2.24) is 4.90 Å². The third-order valence-electron chi connectivity index (χ3n) is 4.18. The summed E-state index contributed by atoms with van der Waals surface area (Å²) in [4.78, 5) is 2.47. The molecule has 4 nitrogen and oxygen atoms in total. The first kappa shape index (κ1) is 13.3. The van der Waals surface area contributed by atoms with Gasteiger partial charge in [-0.05, 0) is 45.8 Å². The molecule has 4 heteroatoms. The number of ether oxygens (including phenoxy) is 2. The Hall–Kier alpha value is -0.160. The Morgan fingerprint density at radius 2 is 2.06 bits per heavy atom. The van der Waals surface area contributed by atoms with Crippen molar-refractivity contribution in [1.29, 1.82) is 0 Å². The SMILES string of the molecule is CCN1CCC(C2(C)OCC(CCO)O2)CC1. The number of hydrogen-bond donors (Lipinski definition) is 1. The van der Waals surface area contributed by atoms with Crippen molar-refractivity contribution in [3.05, 3.63) is 0 Å². The lowest BCUT2D eigenvalue weighted by Gasteiger charge is -2.39. The van der Waals surface area contributed by atoms with Crippen LogP contribution in [0.3, 0.4) is 0 Å². The lowest BCUT2D eigenvalue weighted by molar-refractivity contribution is -0.200. The van der Waals surface area contributed by atoms with Crippen LogP contribution in [-0.4, -0.2) is 54.7 Å². The van der Waals surface area contributed by atoms with Gasteiger partial charge in [0.05, 0.1) is 12.7 Å². The number of nitrogens with zero attached hydrogens (tertiary/aromatic N) is 1. The Kier molecular flexibility index (Phi) is 4.42. The second kappa shape index (κ2) is 5.65. The van der Waals surface area contributed by atoms with Gasteiger partial charge in [0.25, 0.3) is 0 Å². The summed E-state index contributed by atoms with van der Waals surface area (Å²) in [5.74, 6) is 0.0774. The van der Waals surface area contributed by atoms with E-state index in [1.54, 1.807) is 0 Å². The van der Waals surface area contributed by atoms with E-state index in [2.05, 4.69) is 18.7 Å². The molecule has 0 saturated carbocycles. The van der Waals surface area contributed by atoms with Gasteiger partial charge < -0.3 is 19.5 Å². The third kappa shape index (κ3) is 2.99. The van der Waals surface area contributed by atoms with Crippen molar-refractivity contribution in [3.8, 4) is 0 Å². The molecule has 0 radical (unpaired) electrons. The minimum atomic E-state index is -0.417. The maximum Gasteiger partial charge on any atom is 0.168 e. The summed E-state index contributed by atoms with van der Waals surface area (Å²) in [7, 11) is 0. The first-order valence-electron chi connectivity index (χ1n) is 6.83. The molecule has 17 heavy (non-hydrogen) atoms. The van der Waals surface area contributed by atoms with Gasteiger partial charge in [0.1, 0.15) is 0 Å². The number of aliphatic hydroxyl groups is 1. The Bertz CT molecular complexity index is 241. The highest BCUT2D eigenvalue weighted by Gasteiger charge is 2.44. The highest BCUT2D eigenvalue weighted by molar-refractivity contribution is 4.86. The summed E-state index contributed by atoms with van der Waals surface area (Å²) < 4.78 is 11.9. The molecule has 0 aromatic rings. The first-order valence-corrected chi connectivity index (χ1v) is 6.83. The molecule has 0 aliphatic carbocycles. The summed E-state index contributed by atoms with van der Waals surface area (Å²) in [6.45, 7) is 8.52. The third-order valence-corrected chi connectivity index (χ3v) is 4.18. The molecule has 2 saturated heterocycles. The monoisotopic (exact) mass is 243 g/mol. The van der Waals surface area contributed by atoms with Gasteiger partial charge in [-0.25, -0.2) is 0 Å². The molecule has 2 aliphatic heterocycles. The highest BCUT2D eigenvalue weighted by Crippen LogP contribution is 2.37. The van der Waals surface area contributed by atoms with Crippen LogP contribution in [0.25, 0.3) is 0 Å². The number of likely N-dealkylation sites (tertiary alicyclic amines) is 1. The predicted octanol–water partition coefficient (Wildman–Crippen LogP) is 1.23. The van der Waals surface area contributed by atoms with Crippen LogP contribution < -0.4 is 0 Å². The zero-order chi connectivity index (χ0) is 12.3. The Labute approximate surface area is 104 Å². The van der Waals surface area contributed by atoms with Gasteiger partial charge in [0.2, 0.25) is 0 Å². The summed E-state index contributed by atoms with van der Waals surface area (Å²) in [6.07, 6.45) is 3.06. The molecule has 100 valence electrons. The van der Waals surface area contributed by atoms with Crippen LogP contribution in [0.1, 0.15) is 33.1 Å². The van der Waals surface area contributed by atoms with E-state index in [0.29, 0.717) is 18.9 Å². The molecule has 2 atom stereocenters. The average molecular weight is 243 g/mol. The van der Waals surface area contributed by atoms with E-state index < -0.39 is 5.79 Å². The van der Waals surface area contributed by atoms with E-state index in [0.717, 1.165) is 32.5 Å². The molecule has 0 aromatic heterocycles. The quantitative estimate of drug-likeness (QED) is 0.806. The van der Waals surface area contributed by atoms with Crippen LogP contribution in [0.2, 0.25) is 0 Å². The van der Waals surface area contributed by atoms with Crippen LogP contribution in [0.15, 0.2) is 0 Å². The Morgan fingerprint density at radius 1 is 1.35 bits per heavy atom. The molecule has 2 rings (SSSR count). The summed E-state index contributed by atoms with van der Waals surface area (Å²) in [5.41, 5.74) is 0. The minimum absolute atomic E-state index is 0.0780. The maximum atomic E-state index is 8.93. The summed E-state index contributed by atoms with van der Waals surface area (Å²) >= 11 is 0. The normalized spacial score (nSPS) is 36.5. The maximum absolute atomic E-state index is 8.93. The van der Waals surface area contributed by atoms with Gasteiger partial charge in [0.15, 0.2) is 5.79 Å². The second-order valence-corrected chi connectivity index (χ2v) is 5.29. The van der Waals surface area contributed by atoms with Gasteiger partial charge in [-0.1, -0.05) is 6.92 Å². The molecule has 0 bridgehead atoms. The average Bonchev–Trinajstić information content (AvgIpc) is 2.73. The van der Waals surface area contributed by atoms with Crippen LogP contribution in [-0.2, 0) is 9.47 Å². The minimum Gasteiger partial charge on any atom is -0.396 e. The van der Waals surface area contributed by atoms with E-state index in [-0.39, 0.29) is 12.7 Å². The molecule has 1 N–H and O–H groups in total. The van der Waals surface area contributed by atoms with E-state index in [1.807, 2.05) is 0 Å². The van der Waals surface area contributed by atoms with Crippen molar-refractivity contribution < 1.29 is 14.6 Å². The summed E-state index contributed by atoms with van der Waals surface area (Å²) in [5, 5.41) is 8.93. The first-order chi connectivity index (χ1) is 8.18. The molecular weight excluding hydrogens is 218 g/mol. The zero-order valence-electron chi connectivity index (χ0n) is 11.0. The number of rotatable bonds is 4. The fraction of sp³-hybridized carbons (Fsp3) is 1.00. The number of piperidine rings is 1. The molecule has 2 unspecified atom stereocenters. The van der Waals surface area contributed by atoms with E-state index in [1.165, 1.54) is 0 Å².